The van der Waals surface area contributed by atoms with Crippen molar-refractivity contribution in [3.63, 3.8) is 0 Å². The molecule has 2 nitrogen and oxygen atoms in total. The summed E-state index contributed by atoms with van der Waals surface area (Å²) in [6.45, 7) is 0. The van der Waals surface area contributed by atoms with Crippen molar-refractivity contribution in [2.75, 3.05) is 11.5 Å². The summed E-state index contributed by atoms with van der Waals surface area (Å²) < 4.78 is 0. The molecule has 12 heavy (non-hydrogen) atoms. The second-order valence-electron chi connectivity index (χ2n) is 3.79. The zero-order chi connectivity index (χ0) is 8.55. The molecule has 0 aromatic carbocycles. The maximum atomic E-state index is 10.6. The van der Waals surface area contributed by atoms with Crippen LogP contribution in [0.25, 0.3) is 0 Å². The topological polar surface area (TPSA) is 37.3 Å². The van der Waals surface area contributed by atoms with E-state index in [9.17, 15) is 4.79 Å². The van der Waals surface area contributed by atoms with Gasteiger partial charge in [0, 0.05) is 0 Å². The molecule has 2 aliphatic rings. The maximum Gasteiger partial charge on any atom is 0.306 e. The van der Waals surface area contributed by atoms with Gasteiger partial charge >= 0.3 is 5.97 Å². The Bertz CT molecular complexity index is 187. The molecule has 0 bridgehead atoms. The number of hydrogen-bond donors (Lipinski definition) is 1. The lowest BCUT2D eigenvalue weighted by Crippen LogP contribution is -2.14. The highest BCUT2D eigenvalue weighted by atomic mass is 32.2. The third-order valence-electron chi connectivity index (χ3n) is 3.03. The molecule has 2 atom stereocenters. The van der Waals surface area contributed by atoms with E-state index in [2.05, 4.69) is 0 Å². The lowest BCUT2D eigenvalue weighted by atomic mass is 9.96. The Morgan fingerprint density at radius 2 is 2.00 bits per heavy atom. The van der Waals surface area contributed by atoms with E-state index in [0.717, 1.165) is 12.3 Å². The molecule has 3 heteroatoms. The van der Waals surface area contributed by atoms with Gasteiger partial charge in [0.25, 0.3) is 0 Å². The van der Waals surface area contributed by atoms with Gasteiger partial charge in [0.15, 0.2) is 0 Å². The minimum atomic E-state index is -0.571. The largest absolute Gasteiger partial charge is 0.481 e. The van der Waals surface area contributed by atoms with Crippen LogP contribution < -0.4 is 0 Å². The Morgan fingerprint density at radius 3 is 2.50 bits per heavy atom. The van der Waals surface area contributed by atoms with E-state index < -0.39 is 5.97 Å². The van der Waals surface area contributed by atoms with Gasteiger partial charge in [0.2, 0.25) is 0 Å². The first-order valence-electron chi connectivity index (χ1n) is 4.59. The normalized spacial score (nSPS) is 36.3. The molecule has 2 fully saturated rings. The molecule has 0 amide bonds. The van der Waals surface area contributed by atoms with Crippen molar-refractivity contribution in [3.05, 3.63) is 0 Å². The quantitative estimate of drug-likeness (QED) is 0.715. The molecule has 0 aromatic rings. The number of aliphatic carboxylic acids is 1. The predicted octanol–water partition coefficient (Wildman–Crippen LogP) is 1.85. The van der Waals surface area contributed by atoms with E-state index in [4.69, 9.17) is 5.11 Å². The summed E-state index contributed by atoms with van der Waals surface area (Å²) in [5.41, 5.74) is 0. The zero-order valence-corrected chi connectivity index (χ0v) is 7.85. The van der Waals surface area contributed by atoms with Crippen LogP contribution >= 0.6 is 11.8 Å². The number of thioether (sulfide) groups is 1. The lowest BCUT2D eigenvalue weighted by molar-refractivity contribution is -0.139. The van der Waals surface area contributed by atoms with Crippen molar-refractivity contribution in [2.45, 2.75) is 19.3 Å². The minimum absolute atomic E-state index is 0.0121. The van der Waals surface area contributed by atoms with E-state index >= 15 is 0 Å². The molecule has 1 saturated carbocycles. The fourth-order valence-electron chi connectivity index (χ4n) is 2.16. The van der Waals surface area contributed by atoms with E-state index in [1.165, 1.54) is 24.3 Å². The molecule has 2 rings (SSSR count). The van der Waals surface area contributed by atoms with Crippen LogP contribution in [0.1, 0.15) is 19.3 Å². The highest BCUT2D eigenvalue weighted by Gasteiger charge is 2.47. The summed E-state index contributed by atoms with van der Waals surface area (Å²) in [7, 11) is 0. The summed E-state index contributed by atoms with van der Waals surface area (Å²) in [5.74, 6) is 3.19. The second kappa shape index (κ2) is 3.29. The molecule has 1 aliphatic carbocycles. The molecule has 0 unspecified atom stereocenters. The van der Waals surface area contributed by atoms with Gasteiger partial charge in [0.05, 0.1) is 5.92 Å². The third-order valence-corrected chi connectivity index (χ3v) is 4.08. The van der Waals surface area contributed by atoms with Gasteiger partial charge in [0.1, 0.15) is 0 Å². The Balaban J connectivity index is 1.83. The number of carbonyl (C=O) groups is 1. The Labute approximate surface area is 76.7 Å². The molecular weight excluding hydrogens is 172 g/mol. The SMILES string of the molecule is O=C(O)[C@H]1C[C@@H]1C1CCSCC1. The Kier molecular flexibility index (Phi) is 2.31. The van der Waals surface area contributed by atoms with Gasteiger partial charge < -0.3 is 5.11 Å². The van der Waals surface area contributed by atoms with Gasteiger partial charge in [-0.25, -0.2) is 0 Å². The van der Waals surface area contributed by atoms with Crippen LogP contribution in [0, 0.1) is 17.8 Å². The monoisotopic (exact) mass is 186 g/mol. The van der Waals surface area contributed by atoms with Crippen molar-refractivity contribution in [3.8, 4) is 0 Å². The number of carboxylic acids is 1. The van der Waals surface area contributed by atoms with E-state index in [-0.39, 0.29) is 5.92 Å². The van der Waals surface area contributed by atoms with Gasteiger partial charge in [-0.2, -0.15) is 11.8 Å². The summed E-state index contributed by atoms with van der Waals surface area (Å²) >= 11 is 2.01. The second-order valence-corrected chi connectivity index (χ2v) is 5.02. The number of carboxylic acid groups (broad SMARTS) is 1. The van der Waals surface area contributed by atoms with Gasteiger partial charge in [-0.05, 0) is 42.6 Å². The average Bonchev–Trinajstić information content (AvgIpc) is 2.84. The first kappa shape index (κ1) is 8.42. The van der Waals surface area contributed by atoms with Crippen LogP contribution in [0.15, 0.2) is 0 Å². The van der Waals surface area contributed by atoms with Crippen LogP contribution in [0.2, 0.25) is 0 Å². The highest BCUT2D eigenvalue weighted by molar-refractivity contribution is 7.99. The van der Waals surface area contributed by atoms with E-state index in [1.807, 2.05) is 11.8 Å². The smallest absolute Gasteiger partial charge is 0.306 e. The number of rotatable bonds is 2. The van der Waals surface area contributed by atoms with Crippen LogP contribution in [-0.4, -0.2) is 22.6 Å². The Hall–Kier alpha value is -0.180. The summed E-state index contributed by atoms with van der Waals surface area (Å²) in [5, 5.41) is 8.75. The molecule has 0 radical (unpaired) electrons. The van der Waals surface area contributed by atoms with E-state index in [0.29, 0.717) is 5.92 Å². The first-order chi connectivity index (χ1) is 5.79. The van der Waals surface area contributed by atoms with Gasteiger partial charge in [-0.3, -0.25) is 4.79 Å². The van der Waals surface area contributed by atoms with Crippen molar-refractivity contribution < 1.29 is 9.90 Å². The summed E-state index contributed by atoms with van der Waals surface area (Å²) in [6, 6.07) is 0. The fourth-order valence-corrected chi connectivity index (χ4v) is 3.31. The third kappa shape index (κ3) is 1.60. The lowest BCUT2D eigenvalue weighted by Gasteiger charge is -2.20. The van der Waals surface area contributed by atoms with Crippen molar-refractivity contribution in [2.24, 2.45) is 17.8 Å². The van der Waals surface area contributed by atoms with Crippen LogP contribution in [0.4, 0.5) is 0 Å². The summed E-state index contributed by atoms with van der Waals surface area (Å²) in [6.07, 6.45) is 3.45. The van der Waals surface area contributed by atoms with Gasteiger partial charge in [-0.15, -0.1) is 0 Å². The van der Waals surface area contributed by atoms with Crippen LogP contribution in [0.5, 0.6) is 0 Å². The standard InChI is InChI=1S/C9H14O2S/c10-9(11)8-5-7(8)6-1-3-12-4-2-6/h6-8H,1-5H2,(H,10,11)/t7-,8+/m1/s1. The molecule has 1 saturated heterocycles. The molecular formula is C9H14O2S. The number of hydrogen-bond acceptors (Lipinski definition) is 2. The summed E-state index contributed by atoms with van der Waals surface area (Å²) in [4.78, 5) is 10.6. The molecule has 1 aliphatic heterocycles. The Morgan fingerprint density at radius 1 is 1.33 bits per heavy atom. The van der Waals surface area contributed by atoms with Crippen LogP contribution in [-0.2, 0) is 4.79 Å². The molecule has 68 valence electrons. The molecule has 1 heterocycles. The molecule has 0 spiro atoms. The fraction of sp³-hybridized carbons (Fsp3) is 0.889. The average molecular weight is 186 g/mol. The highest BCUT2D eigenvalue weighted by Crippen LogP contribution is 2.48. The zero-order valence-electron chi connectivity index (χ0n) is 7.03. The first-order valence-corrected chi connectivity index (χ1v) is 5.75. The minimum Gasteiger partial charge on any atom is -0.481 e. The predicted molar refractivity (Wildman–Crippen MR) is 49.3 cm³/mol. The van der Waals surface area contributed by atoms with Crippen molar-refractivity contribution in [1.82, 2.24) is 0 Å². The van der Waals surface area contributed by atoms with Gasteiger partial charge in [-0.1, -0.05) is 0 Å². The van der Waals surface area contributed by atoms with E-state index in [1.54, 1.807) is 0 Å². The maximum absolute atomic E-state index is 10.6. The van der Waals surface area contributed by atoms with Crippen molar-refractivity contribution >= 4 is 17.7 Å². The molecule has 0 aromatic heterocycles. The van der Waals surface area contributed by atoms with Crippen LogP contribution in [0.3, 0.4) is 0 Å². The molecule has 1 N–H and O–H groups in total. The van der Waals surface area contributed by atoms with Crippen molar-refractivity contribution in [1.29, 1.82) is 0 Å².